The monoisotopic (exact) mass is 313 g/mol. The van der Waals surface area contributed by atoms with E-state index >= 15 is 0 Å². The minimum Gasteiger partial charge on any atom is -0.349 e. The van der Waals surface area contributed by atoms with E-state index in [1.165, 1.54) is 17.5 Å². The first-order valence-electron chi connectivity index (χ1n) is 7.54. The zero-order valence-electron chi connectivity index (χ0n) is 14.1. The van der Waals surface area contributed by atoms with Gasteiger partial charge < -0.3 is 15.5 Å². The van der Waals surface area contributed by atoms with Gasteiger partial charge in [0.05, 0.1) is 0 Å². The van der Waals surface area contributed by atoms with E-state index in [-0.39, 0.29) is 5.91 Å². The van der Waals surface area contributed by atoms with Crippen LogP contribution < -0.4 is 10.6 Å². The molecule has 1 heterocycles. The number of amides is 1. The van der Waals surface area contributed by atoms with Gasteiger partial charge in [0, 0.05) is 24.8 Å². The number of nitrogens with one attached hydrogen (secondary N) is 2. The normalized spacial score (nSPS) is 10.7. The molecule has 6 heteroatoms. The molecule has 122 valence electrons. The molecule has 1 aromatic heterocycles. The zero-order chi connectivity index (χ0) is 16.8. The van der Waals surface area contributed by atoms with Crippen LogP contribution >= 0.6 is 0 Å². The highest BCUT2D eigenvalue weighted by molar-refractivity contribution is 5.92. The fraction of sp³-hybridized carbons (Fsp3) is 0.353. The van der Waals surface area contributed by atoms with Crippen LogP contribution in [0.1, 0.15) is 21.6 Å². The third-order valence-electron chi connectivity index (χ3n) is 3.24. The Hall–Kier alpha value is -2.47. The van der Waals surface area contributed by atoms with Gasteiger partial charge in [-0.15, -0.1) is 0 Å². The Labute approximate surface area is 137 Å². The molecule has 0 radical (unpaired) electrons. The van der Waals surface area contributed by atoms with Crippen molar-refractivity contribution >= 4 is 17.4 Å². The van der Waals surface area contributed by atoms with Crippen molar-refractivity contribution in [1.29, 1.82) is 0 Å². The summed E-state index contributed by atoms with van der Waals surface area (Å²) in [5.74, 6) is 0.403. The number of aromatic nitrogens is 2. The van der Waals surface area contributed by atoms with E-state index < -0.39 is 0 Å². The maximum Gasteiger partial charge on any atom is 0.270 e. The summed E-state index contributed by atoms with van der Waals surface area (Å²) in [4.78, 5) is 22.3. The van der Waals surface area contributed by atoms with Crippen molar-refractivity contribution in [2.75, 3.05) is 32.5 Å². The Bertz CT molecular complexity index is 664. The SMILES string of the molecule is Cc1cc(C)cc(Nc2cc(C(=O)NCCN(C)C)ncn2)c1. The Morgan fingerprint density at radius 2 is 1.78 bits per heavy atom. The smallest absolute Gasteiger partial charge is 0.270 e. The van der Waals surface area contributed by atoms with Gasteiger partial charge in [0.25, 0.3) is 5.91 Å². The zero-order valence-corrected chi connectivity index (χ0v) is 14.1. The van der Waals surface area contributed by atoms with Gasteiger partial charge in [-0.1, -0.05) is 6.07 Å². The Morgan fingerprint density at radius 3 is 2.43 bits per heavy atom. The van der Waals surface area contributed by atoms with Gasteiger partial charge in [-0.25, -0.2) is 9.97 Å². The predicted octanol–water partition coefficient (Wildman–Crippen LogP) is 2.13. The molecule has 6 nitrogen and oxygen atoms in total. The molecule has 2 aromatic rings. The summed E-state index contributed by atoms with van der Waals surface area (Å²) in [6.07, 6.45) is 1.39. The highest BCUT2D eigenvalue weighted by Crippen LogP contribution is 2.18. The number of rotatable bonds is 6. The van der Waals surface area contributed by atoms with E-state index in [1.54, 1.807) is 6.07 Å². The molecule has 0 saturated carbocycles. The number of benzene rings is 1. The second-order valence-electron chi connectivity index (χ2n) is 5.85. The predicted molar refractivity (Wildman–Crippen MR) is 92.1 cm³/mol. The first-order chi connectivity index (χ1) is 10.9. The average Bonchev–Trinajstić information content (AvgIpc) is 2.46. The van der Waals surface area contributed by atoms with Crippen molar-refractivity contribution in [1.82, 2.24) is 20.2 Å². The molecule has 23 heavy (non-hydrogen) atoms. The molecule has 1 amide bonds. The van der Waals surface area contributed by atoms with Crippen molar-refractivity contribution in [3.8, 4) is 0 Å². The number of likely N-dealkylation sites (N-methyl/N-ethyl adjacent to an activating group) is 1. The van der Waals surface area contributed by atoms with Gasteiger partial charge >= 0.3 is 0 Å². The first-order valence-corrected chi connectivity index (χ1v) is 7.54. The fourth-order valence-corrected chi connectivity index (χ4v) is 2.23. The molecule has 0 fully saturated rings. The van der Waals surface area contributed by atoms with Crippen molar-refractivity contribution in [2.24, 2.45) is 0 Å². The fourth-order valence-electron chi connectivity index (χ4n) is 2.23. The molecule has 0 bridgehead atoms. The van der Waals surface area contributed by atoms with E-state index in [2.05, 4.69) is 26.7 Å². The second kappa shape index (κ2) is 7.69. The van der Waals surface area contributed by atoms with Crippen molar-refractivity contribution < 1.29 is 4.79 Å². The maximum atomic E-state index is 12.1. The van der Waals surface area contributed by atoms with Gasteiger partial charge in [-0.05, 0) is 51.2 Å². The summed E-state index contributed by atoms with van der Waals surface area (Å²) in [6.45, 7) is 5.45. The maximum absolute atomic E-state index is 12.1. The third-order valence-corrected chi connectivity index (χ3v) is 3.24. The molecule has 1 aromatic carbocycles. The van der Waals surface area contributed by atoms with Gasteiger partial charge in [0.1, 0.15) is 17.8 Å². The van der Waals surface area contributed by atoms with Crippen molar-refractivity contribution in [3.05, 3.63) is 47.4 Å². The lowest BCUT2D eigenvalue weighted by Gasteiger charge is -2.11. The van der Waals surface area contributed by atoms with Crippen LogP contribution in [0.15, 0.2) is 30.6 Å². The molecule has 0 saturated heterocycles. The number of carbonyl (C=O) groups is 1. The van der Waals surface area contributed by atoms with Crippen LogP contribution in [-0.4, -0.2) is 48.0 Å². The summed E-state index contributed by atoms with van der Waals surface area (Å²) in [7, 11) is 3.92. The Balaban J connectivity index is 2.05. The van der Waals surface area contributed by atoms with Crippen LogP contribution in [0.4, 0.5) is 11.5 Å². The van der Waals surface area contributed by atoms with Gasteiger partial charge in [0.2, 0.25) is 0 Å². The quantitative estimate of drug-likeness (QED) is 0.855. The van der Waals surface area contributed by atoms with E-state index in [1.807, 2.05) is 45.0 Å². The summed E-state index contributed by atoms with van der Waals surface area (Å²) in [6, 6.07) is 7.83. The van der Waals surface area contributed by atoms with Crippen LogP contribution in [0.2, 0.25) is 0 Å². The van der Waals surface area contributed by atoms with E-state index in [0.717, 1.165) is 12.2 Å². The lowest BCUT2D eigenvalue weighted by molar-refractivity contribution is 0.0946. The molecule has 2 rings (SSSR count). The molecule has 0 aliphatic heterocycles. The summed E-state index contributed by atoms with van der Waals surface area (Å²) in [5, 5.41) is 6.06. The van der Waals surface area contributed by atoms with Crippen LogP contribution in [0, 0.1) is 13.8 Å². The molecular formula is C17H23N5O. The summed E-state index contributed by atoms with van der Waals surface area (Å²) < 4.78 is 0. The largest absolute Gasteiger partial charge is 0.349 e. The van der Waals surface area contributed by atoms with Crippen LogP contribution in [0.5, 0.6) is 0 Å². The highest BCUT2D eigenvalue weighted by Gasteiger charge is 2.08. The number of aryl methyl sites for hydroxylation is 2. The average molecular weight is 313 g/mol. The van der Waals surface area contributed by atoms with Crippen LogP contribution in [0.3, 0.4) is 0 Å². The van der Waals surface area contributed by atoms with Crippen molar-refractivity contribution in [2.45, 2.75) is 13.8 Å². The lowest BCUT2D eigenvalue weighted by Crippen LogP contribution is -2.31. The molecule has 0 aliphatic rings. The van der Waals surface area contributed by atoms with E-state index in [0.29, 0.717) is 18.1 Å². The standard InChI is InChI=1S/C17H23N5O/c1-12-7-13(2)9-14(8-12)21-16-10-15(19-11-20-16)17(23)18-5-6-22(3)4/h7-11H,5-6H2,1-4H3,(H,18,23)(H,19,20,21). The molecule has 0 atom stereocenters. The molecular weight excluding hydrogens is 290 g/mol. The molecule has 0 spiro atoms. The van der Waals surface area contributed by atoms with Gasteiger partial charge in [0.15, 0.2) is 0 Å². The first kappa shape index (κ1) is 16.9. The minimum absolute atomic E-state index is 0.197. The summed E-state index contributed by atoms with van der Waals surface area (Å²) in [5.41, 5.74) is 3.64. The van der Waals surface area contributed by atoms with Crippen molar-refractivity contribution in [3.63, 3.8) is 0 Å². The van der Waals surface area contributed by atoms with Gasteiger partial charge in [-0.2, -0.15) is 0 Å². The number of hydrogen-bond acceptors (Lipinski definition) is 5. The highest BCUT2D eigenvalue weighted by atomic mass is 16.1. The molecule has 2 N–H and O–H groups in total. The Morgan fingerprint density at radius 1 is 1.09 bits per heavy atom. The number of anilines is 2. The topological polar surface area (TPSA) is 70.2 Å². The lowest BCUT2D eigenvalue weighted by atomic mass is 10.1. The van der Waals surface area contributed by atoms with E-state index in [4.69, 9.17) is 0 Å². The molecule has 0 unspecified atom stereocenters. The van der Waals surface area contributed by atoms with Crippen LogP contribution in [-0.2, 0) is 0 Å². The third kappa shape index (κ3) is 5.34. The van der Waals surface area contributed by atoms with E-state index in [9.17, 15) is 4.79 Å². The number of hydrogen-bond donors (Lipinski definition) is 2. The number of carbonyl (C=O) groups excluding carboxylic acids is 1. The minimum atomic E-state index is -0.197. The Kier molecular flexibility index (Phi) is 5.65. The second-order valence-corrected chi connectivity index (χ2v) is 5.85. The van der Waals surface area contributed by atoms with Gasteiger partial charge in [-0.3, -0.25) is 4.79 Å². The number of nitrogens with zero attached hydrogens (tertiary/aromatic N) is 3. The van der Waals surface area contributed by atoms with Crippen LogP contribution in [0.25, 0.3) is 0 Å². The molecule has 0 aliphatic carbocycles. The summed E-state index contributed by atoms with van der Waals surface area (Å²) >= 11 is 0.